The van der Waals surface area contributed by atoms with Gasteiger partial charge in [-0.2, -0.15) is 0 Å². The van der Waals surface area contributed by atoms with E-state index >= 15 is 0 Å². The Kier molecular flexibility index (Phi) is 3.41. The summed E-state index contributed by atoms with van der Waals surface area (Å²) in [7, 11) is 0. The maximum absolute atomic E-state index is 11.6. The number of pyridine rings is 1. The lowest BCUT2D eigenvalue weighted by Crippen LogP contribution is -2.29. The number of hydrogen-bond acceptors (Lipinski definition) is 3. The Morgan fingerprint density at radius 2 is 2.38 bits per heavy atom. The van der Waals surface area contributed by atoms with Crippen LogP contribution in [0.5, 0.6) is 0 Å². The number of anilines is 1. The number of nitrogens with two attached hydrogens (primary N) is 1. The lowest BCUT2D eigenvalue weighted by molar-refractivity contribution is -0.116. The summed E-state index contributed by atoms with van der Waals surface area (Å²) in [4.78, 5) is 15.6. The molecule has 3 N–H and O–H groups in total. The highest BCUT2D eigenvalue weighted by atomic mass is 35.5. The molecule has 1 amide bonds. The summed E-state index contributed by atoms with van der Waals surface area (Å²) in [6.45, 7) is 0. The van der Waals surface area contributed by atoms with Gasteiger partial charge in [0.1, 0.15) is 11.0 Å². The van der Waals surface area contributed by atoms with Crippen LogP contribution in [-0.4, -0.2) is 16.9 Å². The minimum absolute atomic E-state index is 0.0285. The quantitative estimate of drug-likeness (QED) is 0.788. The van der Waals surface area contributed by atoms with E-state index in [0.717, 1.165) is 12.8 Å². The van der Waals surface area contributed by atoms with E-state index in [9.17, 15) is 4.79 Å². The largest absolute Gasteiger partial charge is 0.327 e. The summed E-state index contributed by atoms with van der Waals surface area (Å²) < 4.78 is 0. The van der Waals surface area contributed by atoms with Gasteiger partial charge in [0.15, 0.2) is 0 Å². The Morgan fingerprint density at radius 3 is 3.00 bits per heavy atom. The molecule has 1 saturated carbocycles. The van der Waals surface area contributed by atoms with E-state index in [-0.39, 0.29) is 11.9 Å². The fraction of sp³-hybridized carbons (Fsp3) is 0.455. The van der Waals surface area contributed by atoms with Crippen molar-refractivity contribution < 1.29 is 4.79 Å². The van der Waals surface area contributed by atoms with E-state index < -0.39 is 0 Å². The first-order valence-electron chi connectivity index (χ1n) is 5.33. The van der Waals surface area contributed by atoms with Gasteiger partial charge in [-0.15, -0.1) is 0 Å². The number of carbonyl (C=O) groups excluding carboxylic acids is 1. The molecule has 0 radical (unpaired) electrons. The lowest BCUT2D eigenvalue weighted by atomic mass is 10.1. The monoisotopic (exact) mass is 239 g/mol. The third kappa shape index (κ3) is 3.18. The zero-order chi connectivity index (χ0) is 11.5. The molecule has 1 heterocycles. The van der Waals surface area contributed by atoms with Crippen LogP contribution in [0.4, 0.5) is 5.82 Å². The van der Waals surface area contributed by atoms with Crippen molar-refractivity contribution in [1.82, 2.24) is 4.98 Å². The molecule has 0 spiro atoms. The lowest BCUT2D eigenvalue weighted by Gasteiger charge is -2.09. The molecule has 0 aromatic carbocycles. The van der Waals surface area contributed by atoms with Crippen LogP contribution in [-0.2, 0) is 4.79 Å². The number of amides is 1. The number of rotatable bonds is 4. The summed E-state index contributed by atoms with van der Waals surface area (Å²) in [5.41, 5.74) is 5.86. The summed E-state index contributed by atoms with van der Waals surface area (Å²) >= 11 is 5.71. The highest BCUT2D eigenvalue weighted by Gasteiger charge is 2.29. The fourth-order valence-electron chi connectivity index (χ4n) is 1.58. The zero-order valence-electron chi connectivity index (χ0n) is 8.82. The molecule has 0 bridgehead atoms. The second-order valence-electron chi connectivity index (χ2n) is 4.10. The van der Waals surface area contributed by atoms with Crippen molar-refractivity contribution in [3.8, 4) is 0 Å². The molecule has 1 aliphatic carbocycles. The van der Waals surface area contributed by atoms with Gasteiger partial charge in [-0.3, -0.25) is 4.79 Å². The summed E-state index contributed by atoms with van der Waals surface area (Å²) in [6, 6.07) is 5.07. The van der Waals surface area contributed by atoms with Crippen LogP contribution in [0.1, 0.15) is 19.3 Å². The van der Waals surface area contributed by atoms with Crippen LogP contribution in [0, 0.1) is 5.92 Å². The maximum atomic E-state index is 11.6. The van der Waals surface area contributed by atoms with Gasteiger partial charge in [0.2, 0.25) is 5.91 Å². The zero-order valence-corrected chi connectivity index (χ0v) is 9.57. The van der Waals surface area contributed by atoms with Crippen LogP contribution in [0.2, 0.25) is 5.15 Å². The highest BCUT2D eigenvalue weighted by molar-refractivity contribution is 6.29. The molecule has 1 fully saturated rings. The molecule has 1 unspecified atom stereocenters. The number of nitrogens with one attached hydrogen (secondary N) is 1. The number of halogens is 1. The predicted molar refractivity (Wildman–Crippen MR) is 63.2 cm³/mol. The Hall–Kier alpha value is -1.13. The molecule has 0 saturated heterocycles. The van der Waals surface area contributed by atoms with Crippen molar-refractivity contribution in [2.45, 2.75) is 25.3 Å². The SMILES string of the molecule is NC(CC(=O)Nc1cccc(Cl)n1)C1CC1. The average molecular weight is 240 g/mol. The van der Waals surface area contributed by atoms with Crippen LogP contribution in [0.15, 0.2) is 18.2 Å². The van der Waals surface area contributed by atoms with Gasteiger partial charge in [0, 0.05) is 12.5 Å². The minimum Gasteiger partial charge on any atom is -0.327 e. The van der Waals surface area contributed by atoms with Crippen molar-refractivity contribution in [2.24, 2.45) is 11.7 Å². The summed E-state index contributed by atoms with van der Waals surface area (Å²) in [5.74, 6) is 0.896. The third-order valence-electron chi connectivity index (χ3n) is 2.63. The topological polar surface area (TPSA) is 68.0 Å². The van der Waals surface area contributed by atoms with Gasteiger partial charge >= 0.3 is 0 Å². The molecule has 2 rings (SSSR count). The second kappa shape index (κ2) is 4.80. The molecular weight excluding hydrogens is 226 g/mol. The van der Waals surface area contributed by atoms with Crippen LogP contribution >= 0.6 is 11.6 Å². The van der Waals surface area contributed by atoms with E-state index in [0.29, 0.717) is 23.3 Å². The second-order valence-corrected chi connectivity index (χ2v) is 4.49. The summed E-state index contributed by atoms with van der Waals surface area (Å²) in [5, 5.41) is 3.05. The van der Waals surface area contributed by atoms with E-state index in [4.69, 9.17) is 17.3 Å². The van der Waals surface area contributed by atoms with Crippen LogP contribution < -0.4 is 11.1 Å². The molecule has 5 heteroatoms. The van der Waals surface area contributed by atoms with Crippen molar-refractivity contribution in [3.63, 3.8) is 0 Å². The summed E-state index contributed by atoms with van der Waals surface area (Å²) in [6.07, 6.45) is 2.63. The van der Waals surface area contributed by atoms with Gasteiger partial charge in [-0.05, 0) is 30.9 Å². The number of hydrogen-bond donors (Lipinski definition) is 2. The Labute approximate surface area is 99.2 Å². The first-order chi connectivity index (χ1) is 7.65. The van der Waals surface area contributed by atoms with Crippen molar-refractivity contribution >= 4 is 23.3 Å². The van der Waals surface area contributed by atoms with E-state index in [1.165, 1.54) is 0 Å². The van der Waals surface area contributed by atoms with Crippen LogP contribution in [0.25, 0.3) is 0 Å². The molecule has 86 valence electrons. The van der Waals surface area contributed by atoms with Gasteiger partial charge in [-0.25, -0.2) is 4.98 Å². The van der Waals surface area contributed by atoms with Gasteiger partial charge in [0.25, 0.3) is 0 Å². The van der Waals surface area contributed by atoms with Crippen molar-refractivity contribution in [2.75, 3.05) is 5.32 Å². The van der Waals surface area contributed by atoms with Gasteiger partial charge in [-0.1, -0.05) is 17.7 Å². The molecule has 1 atom stereocenters. The normalized spacial score (nSPS) is 16.9. The number of aromatic nitrogens is 1. The fourth-order valence-corrected chi connectivity index (χ4v) is 1.74. The Morgan fingerprint density at radius 1 is 1.62 bits per heavy atom. The number of carbonyl (C=O) groups is 1. The molecule has 4 nitrogen and oxygen atoms in total. The standard InChI is InChI=1S/C11H14ClN3O/c12-9-2-1-3-10(14-9)15-11(16)6-8(13)7-4-5-7/h1-3,7-8H,4-6,13H2,(H,14,15,16). The van der Waals surface area contributed by atoms with E-state index in [2.05, 4.69) is 10.3 Å². The third-order valence-corrected chi connectivity index (χ3v) is 2.84. The van der Waals surface area contributed by atoms with Crippen molar-refractivity contribution in [1.29, 1.82) is 0 Å². The minimum atomic E-state index is -0.103. The smallest absolute Gasteiger partial charge is 0.227 e. The van der Waals surface area contributed by atoms with Gasteiger partial charge < -0.3 is 11.1 Å². The maximum Gasteiger partial charge on any atom is 0.227 e. The van der Waals surface area contributed by atoms with Gasteiger partial charge in [0.05, 0.1) is 0 Å². The predicted octanol–water partition coefficient (Wildman–Crippen LogP) is 1.80. The average Bonchev–Trinajstić information content (AvgIpc) is 2.99. The van der Waals surface area contributed by atoms with Crippen molar-refractivity contribution in [3.05, 3.63) is 23.4 Å². The first-order valence-corrected chi connectivity index (χ1v) is 5.71. The first kappa shape index (κ1) is 11.4. The molecule has 1 aromatic heterocycles. The molecule has 0 aliphatic heterocycles. The molecule has 1 aliphatic rings. The van der Waals surface area contributed by atoms with E-state index in [1.54, 1.807) is 18.2 Å². The van der Waals surface area contributed by atoms with E-state index in [1.807, 2.05) is 0 Å². The molecular formula is C11H14ClN3O. The Bertz CT molecular complexity index is 393. The molecule has 16 heavy (non-hydrogen) atoms. The molecule has 1 aromatic rings. The van der Waals surface area contributed by atoms with Crippen LogP contribution in [0.3, 0.4) is 0 Å². The number of nitrogens with zero attached hydrogens (tertiary/aromatic N) is 1. The Balaban J connectivity index is 1.86. The highest BCUT2D eigenvalue weighted by Crippen LogP contribution is 2.32.